The maximum Gasteiger partial charge on any atom is 0.257 e. The Morgan fingerprint density at radius 1 is 1.20 bits per heavy atom. The summed E-state index contributed by atoms with van der Waals surface area (Å²) in [6.45, 7) is 0. The Labute approximate surface area is 133 Å². The van der Waals surface area contributed by atoms with E-state index in [1.807, 2.05) is 0 Å². The van der Waals surface area contributed by atoms with Gasteiger partial charge in [0.2, 0.25) is 0 Å². The van der Waals surface area contributed by atoms with Gasteiger partial charge in [0.15, 0.2) is 0 Å². The first-order valence-electron chi connectivity index (χ1n) is 5.40. The Hall–Kier alpha value is -1.34. The summed E-state index contributed by atoms with van der Waals surface area (Å²) in [6, 6.07) is 4.88. The van der Waals surface area contributed by atoms with E-state index in [2.05, 4.69) is 31.7 Å². The van der Waals surface area contributed by atoms with Gasteiger partial charge in [-0.05, 0) is 34.1 Å². The number of anilines is 2. The number of nitrogens with two attached hydrogens (primary N) is 1. The highest BCUT2D eigenvalue weighted by molar-refractivity contribution is 9.10. The molecule has 0 aliphatic heterocycles. The van der Waals surface area contributed by atoms with Crippen LogP contribution in [0.2, 0.25) is 10.0 Å². The second-order valence-corrected chi connectivity index (χ2v) is 5.35. The van der Waals surface area contributed by atoms with Crippen LogP contribution in [0.3, 0.4) is 0 Å². The molecule has 104 valence electrons. The second-order valence-electron chi connectivity index (χ2n) is 3.74. The monoisotopic (exact) mass is 374 g/mol. The average molecular weight is 376 g/mol. The molecular weight excluding hydrogens is 367 g/mol. The number of carbonyl (C=O) groups excluding carboxylic acids is 1. The number of amides is 1. The molecule has 0 saturated heterocycles. The number of halogens is 3. The van der Waals surface area contributed by atoms with Crippen molar-refractivity contribution in [2.24, 2.45) is 5.84 Å². The van der Waals surface area contributed by atoms with Crippen molar-refractivity contribution in [2.45, 2.75) is 0 Å². The summed E-state index contributed by atoms with van der Waals surface area (Å²) in [5, 5.41) is 3.26. The third-order valence-electron chi connectivity index (χ3n) is 2.50. The summed E-state index contributed by atoms with van der Waals surface area (Å²) in [7, 11) is 0. The number of hydrogen-bond acceptors (Lipinski definition) is 4. The highest BCUT2D eigenvalue weighted by Crippen LogP contribution is 2.36. The van der Waals surface area contributed by atoms with E-state index in [1.165, 1.54) is 12.4 Å². The number of hydrazine groups is 1. The largest absolute Gasteiger partial charge is 0.322 e. The summed E-state index contributed by atoms with van der Waals surface area (Å²) in [4.78, 5) is 16.1. The van der Waals surface area contributed by atoms with Crippen LogP contribution in [0, 0.1) is 0 Å². The maximum absolute atomic E-state index is 12.2. The van der Waals surface area contributed by atoms with Crippen LogP contribution in [-0.4, -0.2) is 10.9 Å². The van der Waals surface area contributed by atoms with Crippen molar-refractivity contribution in [1.29, 1.82) is 0 Å². The smallest absolute Gasteiger partial charge is 0.257 e. The van der Waals surface area contributed by atoms with Gasteiger partial charge in [-0.2, -0.15) is 0 Å². The summed E-state index contributed by atoms with van der Waals surface area (Å²) in [6.07, 6.45) is 2.94. The molecule has 0 saturated carbocycles. The number of nitrogens with zero attached hydrogens (tertiary/aromatic N) is 1. The summed E-state index contributed by atoms with van der Waals surface area (Å²) in [5.41, 5.74) is 3.57. The Balaban J connectivity index is 2.31. The molecule has 0 aliphatic carbocycles. The Morgan fingerprint density at radius 2 is 1.95 bits per heavy atom. The van der Waals surface area contributed by atoms with Gasteiger partial charge in [-0.15, -0.1) is 0 Å². The minimum atomic E-state index is -0.374. The zero-order valence-electron chi connectivity index (χ0n) is 9.95. The molecule has 1 heterocycles. The number of aromatic nitrogens is 1. The molecule has 8 heteroatoms. The van der Waals surface area contributed by atoms with E-state index in [-0.39, 0.29) is 10.9 Å². The first-order chi connectivity index (χ1) is 9.54. The van der Waals surface area contributed by atoms with Crippen molar-refractivity contribution < 1.29 is 4.79 Å². The SMILES string of the molecule is NNc1cnccc1C(=O)Nc1ccc(Br)c(Cl)c1Cl. The predicted molar refractivity (Wildman–Crippen MR) is 84.2 cm³/mol. The van der Waals surface area contributed by atoms with Gasteiger partial charge in [0.05, 0.1) is 33.2 Å². The van der Waals surface area contributed by atoms with Gasteiger partial charge in [0.1, 0.15) is 0 Å². The number of pyridine rings is 1. The molecule has 2 aromatic rings. The second kappa shape index (κ2) is 6.41. The molecule has 1 aromatic carbocycles. The van der Waals surface area contributed by atoms with E-state index >= 15 is 0 Å². The molecule has 4 N–H and O–H groups in total. The van der Waals surface area contributed by atoms with Crippen molar-refractivity contribution in [3.8, 4) is 0 Å². The van der Waals surface area contributed by atoms with Gasteiger partial charge in [-0.1, -0.05) is 23.2 Å². The molecule has 0 radical (unpaired) electrons. The van der Waals surface area contributed by atoms with Crippen molar-refractivity contribution in [3.05, 3.63) is 50.7 Å². The number of rotatable bonds is 3. The normalized spacial score (nSPS) is 10.2. The maximum atomic E-state index is 12.2. The number of carbonyl (C=O) groups is 1. The van der Waals surface area contributed by atoms with Crippen LogP contribution >= 0.6 is 39.1 Å². The van der Waals surface area contributed by atoms with Gasteiger partial charge in [-0.3, -0.25) is 15.6 Å². The zero-order chi connectivity index (χ0) is 14.7. The molecule has 0 bridgehead atoms. The van der Waals surface area contributed by atoms with Crippen molar-refractivity contribution in [3.63, 3.8) is 0 Å². The minimum Gasteiger partial charge on any atom is -0.322 e. The summed E-state index contributed by atoms with van der Waals surface area (Å²) < 4.78 is 0.649. The lowest BCUT2D eigenvalue weighted by molar-refractivity contribution is 0.102. The van der Waals surface area contributed by atoms with E-state index in [4.69, 9.17) is 29.0 Å². The lowest BCUT2D eigenvalue weighted by Crippen LogP contribution is -2.17. The van der Waals surface area contributed by atoms with Crippen LogP contribution in [0.25, 0.3) is 0 Å². The van der Waals surface area contributed by atoms with Crippen LogP contribution in [0.5, 0.6) is 0 Å². The molecule has 0 fully saturated rings. The van der Waals surface area contributed by atoms with Crippen LogP contribution < -0.4 is 16.6 Å². The average Bonchev–Trinajstić information content (AvgIpc) is 2.47. The molecule has 1 aromatic heterocycles. The first-order valence-corrected chi connectivity index (χ1v) is 6.95. The van der Waals surface area contributed by atoms with Crippen LogP contribution in [-0.2, 0) is 0 Å². The Bertz CT molecular complexity index is 666. The van der Waals surface area contributed by atoms with E-state index in [9.17, 15) is 4.79 Å². The van der Waals surface area contributed by atoms with Crippen molar-refractivity contribution in [1.82, 2.24) is 4.98 Å². The first kappa shape index (κ1) is 15.1. The quantitative estimate of drug-likeness (QED) is 0.434. The molecule has 0 aliphatic rings. The van der Waals surface area contributed by atoms with E-state index in [1.54, 1.807) is 18.2 Å². The topological polar surface area (TPSA) is 80.0 Å². The van der Waals surface area contributed by atoms with Gasteiger partial charge in [0, 0.05) is 10.7 Å². The Kier molecular flexibility index (Phi) is 4.82. The highest BCUT2D eigenvalue weighted by atomic mass is 79.9. The van der Waals surface area contributed by atoms with E-state index < -0.39 is 0 Å². The number of nitrogen functional groups attached to an aromatic ring is 1. The zero-order valence-corrected chi connectivity index (χ0v) is 13.1. The van der Waals surface area contributed by atoms with Crippen LogP contribution in [0.15, 0.2) is 35.1 Å². The fourth-order valence-corrected chi connectivity index (χ4v) is 2.34. The van der Waals surface area contributed by atoms with Crippen LogP contribution in [0.4, 0.5) is 11.4 Å². The standard InChI is InChI=1S/C12H9BrCl2N4O/c13-7-1-2-8(11(15)10(7)14)18-12(20)6-3-4-17-5-9(6)19-16/h1-5,19H,16H2,(H,18,20). The van der Waals surface area contributed by atoms with Crippen LogP contribution in [0.1, 0.15) is 10.4 Å². The van der Waals surface area contributed by atoms with Gasteiger partial charge >= 0.3 is 0 Å². The van der Waals surface area contributed by atoms with Gasteiger partial charge in [0.25, 0.3) is 5.91 Å². The summed E-state index contributed by atoms with van der Waals surface area (Å²) in [5.74, 6) is 4.96. The van der Waals surface area contributed by atoms with E-state index in [0.717, 1.165) is 0 Å². The van der Waals surface area contributed by atoms with Crippen molar-refractivity contribution >= 4 is 56.4 Å². The summed E-state index contributed by atoms with van der Waals surface area (Å²) >= 11 is 15.3. The Morgan fingerprint density at radius 3 is 2.65 bits per heavy atom. The van der Waals surface area contributed by atoms with Gasteiger partial charge in [-0.25, -0.2) is 0 Å². The number of hydrogen-bond donors (Lipinski definition) is 3. The van der Waals surface area contributed by atoms with E-state index in [0.29, 0.717) is 26.4 Å². The fraction of sp³-hybridized carbons (Fsp3) is 0. The third kappa shape index (κ3) is 3.04. The predicted octanol–water partition coefficient (Wildman–Crippen LogP) is 3.69. The third-order valence-corrected chi connectivity index (χ3v) is 4.28. The molecule has 0 atom stereocenters. The minimum absolute atomic E-state index is 0.255. The molecule has 0 unspecified atom stereocenters. The molecule has 20 heavy (non-hydrogen) atoms. The lowest BCUT2D eigenvalue weighted by atomic mass is 10.2. The fourth-order valence-electron chi connectivity index (χ4n) is 1.52. The lowest BCUT2D eigenvalue weighted by Gasteiger charge is -2.11. The molecule has 1 amide bonds. The molecule has 5 nitrogen and oxygen atoms in total. The number of nitrogens with one attached hydrogen (secondary N) is 2. The number of benzene rings is 1. The molecule has 2 rings (SSSR count). The van der Waals surface area contributed by atoms with Crippen molar-refractivity contribution in [2.75, 3.05) is 10.7 Å². The highest BCUT2D eigenvalue weighted by Gasteiger charge is 2.14. The van der Waals surface area contributed by atoms with Gasteiger partial charge < -0.3 is 10.7 Å². The molecular formula is C12H9BrCl2N4O. The molecule has 0 spiro atoms.